The van der Waals surface area contributed by atoms with Crippen LogP contribution in [0.1, 0.15) is 12.8 Å². The van der Waals surface area contributed by atoms with Gasteiger partial charge in [-0.05, 0) is 12.8 Å². The number of urea groups is 1. The van der Waals surface area contributed by atoms with Gasteiger partial charge in [0.15, 0.2) is 0 Å². The van der Waals surface area contributed by atoms with Crippen LogP contribution in [-0.4, -0.2) is 89.5 Å². The van der Waals surface area contributed by atoms with E-state index in [9.17, 15) is 9.90 Å². The third-order valence-corrected chi connectivity index (χ3v) is 4.60. The van der Waals surface area contributed by atoms with E-state index in [0.29, 0.717) is 18.5 Å². The number of piperidine rings is 1. The van der Waals surface area contributed by atoms with Crippen LogP contribution in [0, 0.1) is 0 Å². The van der Waals surface area contributed by atoms with Crippen molar-refractivity contribution < 1.29 is 19.4 Å². The number of rotatable bonds is 7. The third-order valence-electron chi connectivity index (χ3n) is 4.60. The summed E-state index contributed by atoms with van der Waals surface area (Å²) in [6.45, 7) is 3.91. The van der Waals surface area contributed by atoms with E-state index in [4.69, 9.17) is 9.47 Å². The first-order chi connectivity index (χ1) is 12.2. The number of β-amino-alcohol motifs (C(OH)–C–C–N with tert-alkyl or cyclic N) is 1. The Morgan fingerprint density at radius 2 is 2.00 bits per heavy atom. The Labute approximate surface area is 146 Å². The second-order valence-electron chi connectivity index (χ2n) is 6.29. The Morgan fingerprint density at radius 3 is 2.64 bits per heavy atom. The van der Waals surface area contributed by atoms with Gasteiger partial charge in [-0.15, -0.1) is 0 Å². The quantitative estimate of drug-likeness (QED) is 0.696. The Bertz CT molecular complexity index is 579. The van der Waals surface area contributed by atoms with Gasteiger partial charge in [0.2, 0.25) is 0 Å². The molecule has 1 aromatic heterocycles. The molecule has 3 heterocycles. The first kappa shape index (κ1) is 17.7. The van der Waals surface area contributed by atoms with E-state index >= 15 is 0 Å². The number of methoxy groups -OCH3 is 1. The molecule has 0 saturated carbocycles. The molecule has 1 aromatic rings. The van der Waals surface area contributed by atoms with Crippen LogP contribution in [-0.2, 0) is 0 Å². The maximum absolute atomic E-state index is 11.7. The predicted octanol–water partition coefficient (Wildman–Crippen LogP) is -0.285. The smallest absolute Gasteiger partial charge is 0.317 e. The van der Waals surface area contributed by atoms with Crippen molar-refractivity contribution in [3.8, 4) is 11.8 Å². The molecule has 1 atom stereocenters. The van der Waals surface area contributed by atoms with Gasteiger partial charge in [0.25, 0.3) is 11.8 Å². The monoisotopic (exact) mass is 351 g/mol. The second kappa shape index (κ2) is 8.30. The number of aliphatic hydroxyl groups excluding tert-OH is 1. The number of nitrogens with zero attached hydrogens (tertiary/aromatic N) is 4. The normalized spacial score (nSPS) is 20.4. The van der Waals surface area contributed by atoms with E-state index in [1.54, 1.807) is 0 Å². The minimum Gasteiger partial charge on any atom is -0.477 e. The van der Waals surface area contributed by atoms with E-state index in [2.05, 4.69) is 20.2 Å². The number of aromatic nitrogens is 2. The van der Waals surface area contributed by atoms with Crippen molar-refractivity contribution >= 4 is 6.03 Å². The molecule has 2 aliphatic heterocycles. The largest absolute Gasteiger partial charge is 0.477 e. The molecule has 2 aliphatic rings. The van der Waals surface area contributed by atoms with Gasteiger partial charge in [0.1, 0.15) is 12.7 Å². The van der Waals surface area contributed by atoms with Crippen molar-refractivity contribution in [1.29, 1.82) is 0 Å². The van der Waals surface area contributed by atoms with E-state index < -0.39 is 6.10 Å². The van der Waals surface area contributed by atoms with Crippen molar-refractivity contribution in [3.63, 3.8) is 0 Å². The van der Waals surface area contributed by atoms with Crippen LogP contribution in [0.3, 0.4) is 0 Å². The summed E-state index contributed by atoms with van der Waals surface area (Å²) in [7, 11) is 1.50. The lowest BCUT2D eigenvalue weighted by Gasteiger charge is -2.36. The third kappa shape index (κ3) is 4.49. The lowest BCUT2D eigenvalue weighted by molar-refractivity contribution is 0.0487. The molecule has 9 heteroatoms. The first-order valence-corrected chi connectivity index (χ1v) is 8.60. The number of aliphatic hydroxyl groups is 1. The number of carbonyl (C=O) groups is 1. The highest BCUT2D eigenvalue weighted by atomic mass is 16.5. The van der Waals surface area contributed by atoms with Gasteiger partial charge in [-0.2, -0.15) is 0 Å². The van der Waals surface area contributed by atoms with Crippen molar-refractivity contribution in [2.24, 2.45) is 0 Å². The highest BCUT2D eigenvalue weighted by Gasteiger charge is 2.31. The molecule has 25 heavy (non-hydrogen) atoms. The van der Waals surface area contributed by atoms with Crippen LogP contribution < -0.4 is 14.8 Å². The van der Waals surface area contributed by atoms with Crippen LogP contribution >= 0.6 is 0 Å². The number of hydrogen-bond donors (Lipinski definition) is 2. The zero-order chi connectivity index (χ0) is 17.6. The molecule has 0 aromatic carbocycles. The Kier molecular flexibility index (Phi) is 5.87. The highest BCUT2D eigenvalue weighted by Crippen LogP contribution is 2.20. The molecule has 2 saturated heterocycles. The van der Waals surface area contributed by atoms with Crippen molar-refractivity contribution in [3.05, 3.63) is 12.4 Å². The number of ether oxygens (including phenoxy) is 2. The van der Waals surface area contributed by atoms with Crippen LogP contribution in [0.2, 0.25) is 0 Å². The first-order valence-electron chi connectivity index (χ1n) is 8.60. The summed E-state index contributed by atoms with van der Waals surface area (Å²) in [6, 6.07) is 0.348. The molecule has 2 amide bonds. The molecule has 0 aliphatic carbocycles. The van der Waals surface area contributed by atoms with Crippen molar-refractivity contribution in [1.82, 2.24) is 25.1 Å². The zero-order valence-corrected chi connectivity index (χ0v) is 14.4. The molecule has 0 spiro atoms. The summed E-state index contributed by atoms with van der Waals surface area (Å²) in [5.41, 5.74) is 0. The topological polar surface area (TPSA) is 100 Å². The molecule has 2 N–H and O–H groups in total. The Morgan fingerprint density at radius 1 is 1.28 bits per heavy atom. The maximum Gasteiger partial charge on any atom is 0.317 e. The van der Waals surface area contributed by atoms with Crippen molar-refractivity contribution in [2.45, 2.75) is 25.0 Å². The van der Waals surface area contributed by atoms with Gasteiger partial charge >= 0.3 is 6.03 Å². The van der Waals surface area contributed by atoms with E-state index in [0.717, 1.165) is 39.0 Å². The summed E-state index contributed by atoms with van der Waals surface area (Å²) in [5, 5.41) is 13.1. The Hall–Kier alpha value is -2.13. The number of hydrogen-bond acceptors (Lipinski definition) is 7. The fourth-order valence-electron chi connectivity index (χ4n) is 3.33. The fraction of sp³-hybridized carbons (Fsp3) is 0.688. The molecule has 0 bridgehead atoms. The average molecular weight is 351 g/mol. The summed E-state index contributed by atoms with van der Waals surface area (Å²) < 4.78 is 10.6. The van der Waals surface area contributed by atoms with Gasteiger partial charge in [0.05, 0.1) is 7.11 Å². The molecule has 9 nitrogen and oxygen atoms in total. The molecule has 0 radical (unpaired) electrons. The van der Waals surface area contributed by atoms with Gasteiger partial charge in [-0.3, -0.25) is 0 Å². The number of likely N-dealkylation sites (tertiary alicyclic amines) is 1. The van der Waals surface area contributed by atoms with E-state index in [1.165, 1.54) is 19.5 Å². The zero-order valence-electron chi connectivity index (χ0n) is 14.4. The van der Waals surface area contributed by atoms with Gasteiger partial charge in [-0.25, -0.2) is 14.8 Å². The fourth-order valence-corrected chi connectivity index (χ4v) is 3.33. The van der Waals surface area contributed by atoms with Gasteiger partial charge in [0, 0.05) is 51.2 Å². The highest BCUT2D eigenvalue weighted by molar-refractivity contribution is 5.76. The molecule has 1 unspecified atom stereocenters. The number of nitrogens with one attached hydrogen (secondary N) is 1. The van der Waals surface area contributed by atoms with E-state index in [-0.39, 0.29) is 18.5 Å². The molecular formula is C16H25N5O4. The summed E-state index contributed by atoms with van der Waals surface area (Å²) in [5.74, 6) is 0.585. The van der Waals surface area contributed by atoms with Crippen molar-refractivity contribution in [2.75, 3.05) is 46.4 Å². The minimum absolute atomic E-state index is 0.0461. The van der Waals surface area contributed by atoms with E-state index in [1.807, 2.05) is 4.90 Å². The van der Waals surface area contributed by atoms with Crippen LogP contribution in [0.4, 0.5) is 4.79 Å². The van der Waals surface area contributed by atoms with Crippen LogP contribution in [0.5, 0.6) is 11.8 Å². The van der Waals surface area contributed by atoms with Gasteiger partial charge < -0.3 is 29.7 Å². The summed E-state index contributed by atoms with van der Waals surface area (Å²) >= 11 is 0. The summed E-state index contributed by atoms with van der Waals surface area (Å²) in [6.07, 6.45) is 4.27. The number of amides is 2. The lowest BCUT2D eigenvalue weighted by atomic mass is 10.0. The molecule has 2 fully saturated rings. The average Bonchev–Trinajstić information content (AvgIpc) is 3.07. The summed E-state index contributed by atoms with van der Waals surface area (Å²) in [4.78, 5) is 23.9. The maximum atomic E-state index is 11.7. The van der Waals surface area contributed by atoms with Gasteiger partial charge in [-0.1, -0.05) is 0 Å². The predicted molar refractivity (Wildman–Crippen MR) is 89.7 cm³/mol. The lowest BCUT2D eigenvalue weighted by Crippen LogP contribution is -2.48. The van der Waals surface area contributed by atoms with Crippen LogP contribution in [0.15, 0.2) is 12.4 Å². The van der Waals surface area contributed by atoms with Crippen LogP contribution in [0.25, 0.3) is 0 Å². The SMILES string of the molecule is COc1nccnc1OCC(O)CN1CCC(N2CCNC2=O)CC1. The standard InChI is InChI=1S/C16H25N5O4/c1-24-14-15(18-5-4-17-14)25-11-13(22)10-20-7-2-12(3-8-20)21-9-6-19-16(21)23/h4-5,12-13,22H,2-3,6-11H2,1H3,(H,19,23). The second-order valence-corrected chi connectivity index (χ2v) is 6.29. The number of carbonyl (C=O) groups excluding carboxylic acids is 1. The Balaban J connectivity index is 1.40. The minimum atomic E-state index is -0.627. The molecule has 3 rings (SSSR count). The molecular weight excluding hydrogens is 326 g/mol. The molecule has 138 valence electrons.